The molecule has 4 rings (SSSR count). The Hall–Kier alpha value is -3.04. The second-order valence-corrected chi connectivity index (χ2v) is 6.67. The molecule has 0 bridgehead atoms. The number of hydrogen-bond acceptors (Lipinski definition) is 4. The lowest BCUT2D eigenvalue weighted by atomic mass is 10.0. The standard InChI is InChI=1S/C20H18FN5/c21-19-9-13(11-22)1-8-18(19)14-2-4-15(5-3-14)20-12-24-25-26(20)17-7-6-16(23)10-17/h1-5,8-9,12,16-17H,6-7,10,23H2/t16-,17?/m1/s1. The molecule has 0 spiro atoms. The Morgan fingerprint density at radius 2 is 1.88 bits per heavy atom. The molecule has 1 aliphatic rings. The summed E-state index contributed by atoms with van der Waals surface area (Å²) in [7, 11) is 0. The summed E-state index contributed by atoms with van der Waals surface area (Å²) in [6.07, 6.45) is 4.67. The fraction of sp³-hybridized carbons (Fsp3) is 0.250. The molecule has 2 aromatic carbocycles. The third-order valence-electron chi connectivity index (χ3n) is 4.96. The van der Waals surface area contributed by atoms with Crippen LogP contribution in [0.4, 0.5) is 4.39 Å². The Bertz CT molecular complexity index is 971. The smallest absolute Gasteiger partial charge is 0.132 e. The molecule has 2 atom stereocenters. The molecule has 0 radical (unpaired) electrons. The maximum absolute atomic E-state index is 14.2. The first kappa shape index (κ1) is 16.4. The molecule has 1 heterocycles. The lowest BCUT2D eigenvalue weighted by molar-refractivity contribution is 0.452. The Morgan fingerprint density at radius 3 is 2.54 bits per heavy atom. The lowest BCUT2D eigenvalue weighted by Crippen LogP contribution is -2.16. The predicted molar refractivity (Wildman–Crippen MR) is 96.4 cm³/mol. The molecule has 5 nitrogen and oxygen atoms in total. The summed E-state index contributed by atoms with van der Waals surface area (Å²) in [5.74, 6) is -0.400. The van der Waals surface area contributed by atoms with E-state index in [9.17, 15) is 4.39 Å². The van der Waals surface area contributed by atoms with E-state index in [0.717, 1.165) is 36.1 Å². The first-order valence-corrected chi connectivity index (χ1v) is 8.62. The van der Waals surface area contributed by atoms with Crippen molar-refractivity contribution in [1.29, 1.82) is 5.26 Å². The molecular formula is C20H18FN5. The number of rotatable bonds is 3. The molecule has 1 saturated carbocycles. The van der Waals surface area contributed by atoms with E-state index in [0.29, 0.717) is 11.1 Å². The van der Waals surface area contributed by atoms with Crippen molar-refractivity contribution in [2.75, 3.05) is 0 Å². The Kier molecular flexibility index (Phi) is 4.23. The third kappa shape index (κ3) is 2.98. The van der Waals surface area contributed by atoms with Crippen molar-refractivity contribution in [3.63, 3.8) is 0 Å². The van der Waals surface area contributed by atoms with Gasteiger partial charge in [0, 0.05) is 17.2 Å². The van der Waals surface area contributed by atoms with Crippen LogP contribution in [0.5, 0.6) is 0 Å². The zero-order chi connectivity index (χ0) is 18.1. The zero-order valence-electron chi connectivity index (χ0n) is 14.1. The number of nitriles is 1. The van der Waals surface area contributed by atoms with E-state index in [2.05, 4.69) is 10.3 Å². The second-order valence-electron chi connectivity index (χ2n) is 6.67. The summed E-state index contributed by atoms with van der Waals surface area (Å²) in [6, 6.07) is 14.6. The minimum absolute atomic E-state index is 0.221. The van der Waals surface area contributed by atoms with Crippen molar-refractivity contribution in [1.82, 2.24) is 15.0 Å². The van der Waals surface area contributed by atoms with Gasteiger partial charge in [-0.1, -0.05) is 35.5 Å². The van der Waals surface area contributed by atoms with Crippen LogP contribution in [0.15, 0.2) is 48.7 Å². The summed E-state index contributed by atoms with van der Waals surface area (Å²) < 4.78 is 16.2. The molecule has 1 aliphatic carbocycles. The summed E-state index contributed by atoms with van der Waals surface area (Å²) in [5, 5.41) is 17.2. The van der Waals surface area contributed by atoms with Gasteiger partial charge in [0.25, 0.3) is 0 Å². The van der Waals surface area contributed by atoms with Gasteiger partial charge in [0.15, 0.2) is 0 Å². The van der Waals surface area contributed by atoms with Crippen LogP contribution in [0, 0.1) is 17.1 Å². The molecule has 1 fully saturated rings. The fourth-order valence-electron chi connectivity index (χ4n) is 3.57. The lowest BCUT2D eigenvalue weighted by Gasteiger charge is -2.13. The Labute approximate surface area is 150 Å². The average molecular weight is 347 g/mol. The van der Waals surface area contributed by atoms with Crippen molar-refractivity contribution in [2.24, 2.45) is 5.73 Å². The predicted octanol–water partition coefficient (Wildman–Crippen LogP) is 3.68. The highest BCUT2D eigenvalue weighted by Crippen LogP contribution is 2.33. The van der Waals surface area contributed by atoms with Gasteiger partial charge in [0.1, 0.15) is 5.82 Å². The van der Waals surface area contributed by atoms with E-state index in [-0.39, 0.29) is 12.1 Å². The first-order valence-electron chi connectivity index (χ1n) is 8.62. The maximum atomic E-state index is 14.2. The summed E-state index contributed by atoms with van der Waals surface area (Å²) in [6.45, 7) is 0. The molecule has 0 saturated heterocycles. The first-order chi connectivity index (χ1) is 12.7. The minimum atomic E-state index is -0.400. The van der Waals surface area contributed by atoms with Crippen molar-refractivity contribution in [2.45, 2.75) is 31.3 Å². The number of hydrogen-bond donors (Lipinski definition) is 1. The molecule has 0 amide bonds. The Morgan fingerprint density at radius 1 is 1.12 bits per heavy atom. The van der Waals surface area contributed by atoms with Crippen LogP contribution in [0.3, 0.4) is 0 Å². The largest absolute Gasteiger partial charge is 0.328 e. The number of benzene rings is 2. The van der Waals surface area contributed by atoms with E-state index in [1.54, 1.807) is 18.3 Å². The Balaban J connectivity index is 1.64. The van der Waals surface area contributed by atoms with Crippen molar-refractivity contribution < 1.29 is 4.39 Å². The highest BCUT2D eigenvalue weighted by molar-refractivity contribution is 5.69. The van der Waals surface area contributed by atoms with Crippen LogP contribution in [0.25, 0.3) is 22.4 Å². The summed E-state index contributed by atoms with van der Waals surface area (Å²) in [4.78, 5) is 0. The van der Waals surface area contributed by atoms with Gasteiger partial charge in [-0.2, -0.15) is 5.26 Å². The van der Waals surface area contributed by atoms with Gasteiger partial charge in [0.2, 0.25) is 0 Å². The van der Waals surface area contributed by atoms with E-state index >= 15 is 0 Å². The third-order valence-corrected chi connectivity index (χ3v) is 4.96. The van der Waals surface area contributed by atoms with Crippen LogP contribution < -0.4 is 5.73 Å². The van der Waals surface area contributed by atoms with Crippen LogP contribution in [-0.4, -0.2) is 21.0 Å². The molecule has 26 heavy (non-hydrogen) atoms. The molecule has 1 aromatic heterocycles. The molecule has 6 heteroatoms. The SMILES string of the molecule is N#Cc1ccc(-c2ccc(-c3cnnn3C3CC[C@@H](N)C3)cc2)c(F)c1. The van der Waals surface area contributed by atoms with E-state index in [1.165, 1.54) is 6.07 Å². The average Bonchev–Trinajstić information content (AvgIpc) is 3.30. The van der Waals surface area contributed by atoms with Gasteiger partial charge < -0.3 is 5.73 Å². The van der Waals surface area contributed by atoms with E-state index in [1.807, 2.05) is 35.0 Å². The normalized spacial score (nSPS) is 19.4. The van der Waals surface area contributed by atoms with Gasteiger partial charge >= 0.3 is 0 Å². The van der Waals surface area contributed by atoms with Gasteiger partial charge in [-0.05, 0) is 37.0 Å². The van der Waals surface area contributed by atoms with E-state index in [4.69, 9.17) is 11.0 Å². The van der Waals surface area contributed by atoms with Crippen LogP contribution in [-0.2, 0) is 0 Å². The molecule has 130 valence electrons. The fourth-order valence-corrected chi connectivity index (χ4v) is 3.57. The molecule has 2 N–H and O–H groups in total. The van der Waals surface area contributed by atoms with Crippen molar-refractivity contribution in [3.05, 3.63) is 60.0 Å². The highest BCUT2D eigenvalue weighted by atomic mass is 19.1. The van der Waals surface area contributed by atoms with Gasteiger partial charge in [-0.3, -0.25) is 0 Å². The monoisotopic (exact) mass is 347 g/mol. The summed E-state index contributed by atoms with van der Waals surface area (Å²) >= 11 is 0. The zero-order valence-corrected chi connectivity index (χ0v) is 14.1. The second kappa shape index (κ2) is 6.70. The van der Waals surface area contributed by atoms with Crippen molar-refractivity contribution in [3.8, 4) is 28.5 Å². The molecular weight excluding hydrogens is 329 g/mol. The van der Waals surface area contributed by atoms with Crippen LogP contribution in [0.1, 0.15) is 30.9 Å². The molecule has 1 unspecified atom stereocenters. The molecule has 0 aliphatic heterocycles. The molecule has 3 aromatic rings. The van der Waals surface area contributed by atoms with Crippen LogP contribution in [0.2, 0.25) is 0 Å². The topological polar surface area (TPSA) is 80.5 Å². The summed E-state index contributed by atoms with van der Waals surface area (Å²) in [5.41, 5.74) is 9.49. The van der Waals surface area contributed by atoms with Crippen molar-refractivity contribution >= 4 is 0 Å². The van der Waals surface area contributed by atoms with Gasteiger partial charge in [0.05, 0.1) is 29.6 Å². The van der Waals surface area contributed by atoms with Gasteiger partial charge in [-0.25, -0.2) is 9.07 Å². The number of aromatic nitrogens is 3. The van der Waals surface area contributed by atoms with Crippen LogP contribution >= 0.6 is 0 Å². The number of halogens is 1. The minimum Gasteiger partial charge on any atom is -0.328 e. The quantitative estimate of drug-likeness (QED) is 0.784. The number of nitrogens with zero attached hydrogens (tertiary/aromatic N) is 4. The number of nitrogens with two attached hydrogens (primary N) is 1. The van der Waals surface area contributed by atoms with Gasteiger partial charge in [-0.15, -0.1) is 5.10 Å². The van der Waals surface area contributed by atoms with E-state index < -0.39 is 5.82 Å². The maximum Gasteiger partial charge on any atom is 0.132 e. The highest BCUT2D eigenvalue weighted by Gasteiger charge is 2.26.